The minimum absolute atomic E-state index is 0.0211. The van der Waals surface area contributed by atoms with Crippen LogP contribution in [0.1, 0.15) is 18.5 Å². The maximum atomic E-state index is 12.3. The second-order valence-electron chi connectivity index (χ2n) is 4.14. The van der Waals surface area contributed by atoms with E-state index in [0.29, 0.717) is 5.69 Å². The molecule has 1 heterocycles. The smallest absolute Gasteiger partial charge is 0.389 e. The Morgan fingerprint density at radius 1 is 1.48 bits per heavy atom. The first-order valence-electron chi connectivity index (χ1n) is 5.71. The Morgan fingerprint density at radius 2 is 2.19 bits per heavy atom. The van der Waals surface area contributed by atoms with Crippen LogP contribution in [-0.2, 0) is 6.42 Å². The van der Waals surface area contributed by atoms with Crippen LogP contribution >= 0.6 is 11.3 Å². The minimum Gasteiger partial charge on any atom is -0.457 e. The van der Waals surface area contributed by atoms with Crippen molar-refractivity contribution in [3.8, 4) is 23.6 Å². The highest BCUT2D eigenvalue weighted by Crippen LogP contribution is 2.31. The molecule has 4 nitrogen and oxygen atoms in total. The van der Waals surface area contributed by atoms with E-state index in [9.17, 15) is 13.2 Å². The Hall–Kier alpha value is -2.24. The average Bonchev–Trinajstić information content (AvgIpc) is 2.88. The molecule has 21 heavy (non-hydrogen) atoms. The molecule has 0 saturated carbocycles. The number of alkyl halides is 3. The van der Waals surface area contributed by atoms with Crippen LogP contribution in [0.15, 0.2) is 5.38 Å². The lowest BCUT2D eigenvalue weighted by Crippen LogP contribution is -2.28. The summed E-state index contributed by atoms with van der Waals surface area (Å²) >= 11 is 1.11. The van der Waals surface area contributed by atoms with Gasteiger partial charge in [0.25, 0.3) is 5.19 Å². The van der Waals surface area contributed by atoms with E-state index in [1.807, 2.05) is 0 Å². The molecule has 1 aromatic rings. The van der Waals surface area contributed by atoms with E-state index in [-0.39, 0.29) is 18.2 Å². The highest BCUT2D eigenvalue weighted by Gasteiger charge is 2.42. The molecule has 1 unspecified atom stereocenters. The number of hydrogen-bond donors (Lipinski definition) is 0. The molecule has 0 amide bonds. The van der Waals surface area contributed by atoms with Crippen LogP contribution in [0.4, 0.5) is 13.2 Å². The first kappa shape index (κ1) is 16.8. The Morgan fingerprint density at radius 3 is 2.71 bits per heavy atom. The number of hydrogen-bond acceptors (Lipinski definition) is 4. The summed E-state index contributed by atoms with van der Waals surface area (Å²) in [5.41, 5.74) is -1.43. The predicted octanol–water partition coefficient (Wildman–Crippen LogP) is 3.22. The van der Waals surface area contributed by atoms with E-state index in [1.54, 1.807) is 6.07 Å². The summed E-state index contributed by atoms with van der Waals surface area (Å²) in [6.07, 6.45) is -1.34. The minimum atomic E-state index is -4.41. The van der Waals surface area contributed by atoms with Crippen molar-refractivity contribution in [3.63, 3.8) is 0 Å². The SMILES string of the molecule is [C-]#[N+]C(C#N)(CCC(F)(F)F)Cc1csc(OCC#C)n1. The normalized spacial score (nSPS) is 13.5. The predicted molar refractivity (Wildman–Crippen MR) is 70.4 cm³/mol. The van der Waals surface area contributed by atoms with Gasteiger partial charge < -0.3 is 4.74 Å². The van der Waals surface area contributed by atoms with Crippen LogP contribution < -0.4 is 4.74 Å². The van der Waals surface area contributed by atoms with Gasteiger partial charge in [-0.15, -0.1) is 6.42 Å². The lowest BCUT2D eigenvalue weighted by atomic mass is 9.91. The summed E-state index contributed by atoms with van der Waals surface area (Å²) in [6, 6.07) is 1.68. The van der Waals surface area contributed by atoms with Gasteiger partial charge in [0.1, 0.15) is 0 Å². The molecule has 110 valence electrons. The van der Waals surface area contributed by atoms with Crippen molar-refractivity contribution in [1.82, 2.24) is 4.98 Å². The summed E-state index contributed by atoms with van der Waals surface area (Å²) in [7, 11) is 0. The number of aromatic nitrogens is 1. The second kappa shape index (κ2) is 6.97. The number of nitrogens with zero attached hydrogens (tertiary/aromatic N) is 3. The Bertz CT molecular complexity index is 590. The van der Waals surface area contributed by atoms with Crippen LogP contribution in [0.5, 0.6) is 5.19 Å². The molecule has 1 rings (SSSR count). The summed E-state index contributed by atoms with van der Waals surface area (Å²) in [5.74, 6) is 2.25. The molecular formula is C13H10F3N3OS. The maximum absolute atomic E-state index is 12.3. The Balaban J connectivity index is 2.79. The number of terminal acetylenes is 1. The van der Waals surface area contributed by atoms with Gasteiger partial charge in [0.2, 0.25) is 0 Å². The van der Waals surface area contributed by atoms with Crippen LogP contribution in [0.3, 0.4) is 0 Å². The van der Waals surface area contributed by atoms with Gasteiger partial charge in [0.15, 0.2) is 12.7 Å². The molecule has 1 aromatic heterocycles. The molecule has 0 bridgehead atoms. The lowest BCUT2D eigenvalue weighted by molar-refractivity contribution is -0.136. The largest absolute Gasteiger partial charge is 0.457 e. The fourth-order valence-electron chi connectivity index (χ4n) is 1.49. The fraction of sp³-hybridized carbons (Fsp3) is 0.462. The van der Waals surface area contributed by atoms with Crippen LogP contribution in [-0.4, -0.2) is 23.3 Å². The standard InChI is InChI=1S/C13H10F3N3OS/c1-3-6-20-11-19-10(8-21-11)7-12(9-17,18-2)4-5-13(14,15)16/h1,8H,4-7H2. The molecule has 0 aliphatic carbocycles. The monoisotopic (exact) mass is 313 g/mol. The average molecular weight is 313 g/mol. The van der Waals surface area contributed by atoms with E-state index in [1.165, 1.54) is 5.38 Å². The Labute approximate surface area is 124 Å². The first-order chi connectivity index (χ1) is 9.84. The quantitative estimate of drug-likeness (QED) is 0.598. The van der Waals surface area contributed by atoms with Crippen molar-refractivity contribution in [2.75, 3.05) is 6.61 Å². The molecule has 0 aliphatic heterocycles. The highest BCUT2D eigenvalue weighted by molar-refractivity contribution is 7.11. The zero-order valence-corrected chi connectivity index (χ0v) is 11.6. The molecule has 0 spiro atoms. The lowest BCUT2D eigenvalue weighted by Gasteiger charge is -2.14. The van der Waals surface area contributed by atoms with Gasteiger partial charge in [-0.05, 0) is 0 Å². The number of nitriles is 1. The Kier molecular flexibility index (Phi) is 5.58. The molecule has 0 fully saturated rings. The van der Waals surface area contributed by atoms with Crippen LogP contribution in [0.25, 0.3) is 4.85 Å². The molecule has 8 heteroatoms. The van der Waals surface area contributed by atoms with Crippen molar-refractivity contribution in [2.24, 2.45) is 0 Å². The van der Waals surface area contributed by atoms with Crippen molar-refractivity contribution in [1.29, 1.82) is 5.26 Å². The number of halogens is 3. The topological polar surface area (TPSA) is 50.3 Å². The summed E-state index contributed by atoms with van der Waals surface area (Å²) in [4.78, 5) is 7.09. The summed E-state index contributed by atoms with van der Waals surface area (Å²) < 4.78 is 41.9. The molecule has 0 radical (unpaired) electrons. The zero-order chi connectivity index (χ0) is 15.9. The molecule has 0 saturated heterocycles. The third kappa shape index (κ3) is 5.33. The van der Waals surface area contributed by atoms with Gasteiger partial charge in [-0.3, -0.25) is 4.85 Å². The van der Waals surface area contributed by atoms with E-state index in [4.69, 9.17) is 23.0 Å². The van der Waals surface area contributed by atoms with E-state index in [0.717, 1.165) is 11.3 Å². The number of rotatable bonds is 6. The van der Waals surface area contributed by atoms with E-state index < -0.39 is 24.6 Å². The molecule has 1 atom stereocenters. The third-order valence-corrected chi connectivity index (χ3v) is 3.33. The van der Waals surface area contributed by atoms with Crippen molar-refractivity contribution >= 4 is 11.3 Å². The van der Waals surface area contributed by atoms with Gasteiger partial charge in [-0.2, -0.15) is 18.4 Å². The second-order valence-corrected chi connectivity index (χ2v) is 4.97. The van der Waals surface area contributed by atoms with Gasteiger partial charge in [0, 0.05) is 11.8 Å². The third-order valence-electron chi connectivity index (χ3n) is 2.53. The van der Waals surface area contributed by atoms with Crippen LogP contribution in [0.2, 0.25) is 0 Å². The van der Waals surface area contributed by atoms with E-state index >= 15 is 0 Å². The number of ether oxygens (including phenoxy) is 1. The summed E-state index contributed by atoms with van der Waals surface area (Å²) in [5, 5.41) is 10.9. The maximum Gasteiger partial charge on any atom is 0.389 e. The summed E-state index contributed by atoms with van der Waals surface area (Å²) in [6.45, 7) is 7.06. The van der Waals surface area contributed by atoms with Crippen molar-refractivity contribution in [2.45, 2.75) is 31.0 Å². The van der Waals surface area contributed by atoms with Gasteiger partial charge in [-0.1, -0.05) is 17.3 Å². The number of thiazole rings is 1. The highest BCUT2D eigenvalue weighted by atomic mass is 32.1. The zero-order valence-electron chi connectivity index (χ0n) is 10.8. The van der Waals surface area contributed by atoms with E-state index in [2.05, 4.69) is 15.7 Å². The van der Waals surface area contributed by atoms with Gasteiger partial charge >= 0.3 is 11.7 Å². The molecular weight excluding hydrogens is 303 g/mol. The fourth-order valence-corrected chi connectivity index (χ4v) is 2.16. The van der Waals surface area contributed by atoms with Crippen LogP contribution in [0, 0.1) is 30.2 Å². The molecule has 0 aliphatic rings. The van der Waals surface area contributed by atoms with Crippen molar-refractivity contribution in [3.05, 3.63) is 22.5 Å². The molecule has 0 aromatic carbocycles. The molecule has 0 N–H and O–H groups in total. The first-order valence-corrected chi connectivity index (χ1v) is 6.59. The van der Waals surface area contributed by atoms with Gasteiger partial charge in [0.05, 0.1) is 18.5 Å². The van der Waals surface area contributed by atoms with Gasteiger partial charge in [-0.25, -0.2) is 11.6 Å². The van der Waals surface area contributed by atoms with Crippen molar-refractivity contribution < 1.29 is 17.9 Å².